The van der Waals surface area contributed by atoms with Gasteiger partial charge in [-0.15, -0.1) is 0 Å². The highest BCUT2D eigenvalue weighted by molar-refractivity contribution is 5.45. The molecular weight excluding hydrogens is 237 g/mol. The summed E-state index contributed by atoms with van der Waals surface area (Å²) < 4.78 is 18.3. The minimum atomic E-state index is -0.513. The molecule has 2 aromatic rings. The monoisotopic (exact) mass is 247 g/mol. The van der Waals surface area contributed by atoms with E-state index in [4.69, 9.17) is 4.74 Å². The molecule has 0 aliphatic rings. The Morgan fingerprint density at radius 1 is 1.17 bits per heavy atom. The third-order valence-electron chi connectivity index (χ3n) is 2.35. The van der Waals surface area contributed by atoms with Crippen molar-refractivity contribution in [2.75, 3.05) is 0 Å². The molecule has 0 spiro atoms. The van der Waals surface area contributed by atoms with E-state index in [0.29, 0.717) is 5.56 Å². The average Bonchev–Trinajstić information content (AvgIpc) is 2.37. The van der Waals surface area contributed by atoms with Crippen LogP contribution in [-0.2, 0) is 6.61 Å². The summed E-state index contributed by atoms with van der Waals surface area (Å²) >= 11 is 0. The Morgan fingerprint density at radius 3 is 2.67 bits per heavy atom. The van der Waals surface area contributed by atoms with Crippen LogP contribution in [0.3, 0.4) is 0 Å². The Bertz CT molecular complexity index is 572. The van der Waals surface area contributed by atoms with Gasteiger partial charge in [-0.05, 0) is 23.8 Å². The number of para-hydroxylation sites is 2. The fourth-order valence-corrected chi connectivity index (χ4v) is 1.52. The van der Waals surface area contributed by atoms with Gasteiger partial charge in [0.15, 0.2) is 5.75 Å². The van der Waals surface area contributed by atoms with Crippen molar-refractivity contribution in [2.45, 2.75) is 6.61 Å². The van der Waals surface area contributed by atoms with Crippen LogP contribution in [0.1, 0.15) is 5.56 Å². The predicted octanol–water partition coefficient (Wildman–Crippen LogP) is 3.31. The van der Waals surface area contributed by atoms with Crippen LogP contribution in [0, 0.1) is 15.9 Å². The molecule has 0 aliphatic carbocycles. The van der Waals surface area contributed by atoms with Crippen molar-refractivity contribution in [3.63, 3.8) is 0 Å². The molecule has 5 heteroatoms. The van der Waals surface area contributed by atoms with E-state index in [0.717, 1.165) is 0 Å². The van der Waals surface area contributed by atoms with Crippen LogP contribution in [0.25, 0.3) is 0 Å². The van der Waals surface area contributed by atoms with Gasteiger partial charge in [0, 0.05) is 6.07 Å². The van der Waals surface area contributed by atoms with Gasteiger partial charge in [-0.1, -0.05) is 24.3 Å². The van der Waals surface area contributed by atoms with Crippen molar-refractivity contribution in [1.29, 1.82) is 0 Å². The van der Waals surface area contributed by atoms with Crippen molar-refractivity contribution < 1.29 is 14.1 Å². The third kappa shape index (κ3) is 2.82. The van der Waals surface area contributed by atoms with Crippen LogP contribution in [-0.4, -0.2) is 4.92 Å². The average molecular weight is 247 g/mol. The summed E-state index contributed by atoms with van der Waals surface area (Å²) in [5.74, 6) is -0.189. The van der Waals surface area contributed by atoms with Gasteiger partial charge < -0.3 is 4.74 Å². The Morgan fingerprint density at radius 2 is 1.94 bits per heavy atom. The number of nitro groups is 1. The van der Waals surface area contributed by atoms with Gasteiger partial charge in [0.25, 0.3) is 0 Å². The van der Waals surface area contributed by atoms with Gasteiger partial charge in [-0.3, -0.25) is 10.1 Å². The van der Waals surface area contributed by atoms with Crippen LogP contribution < -0.4 is 4.74 Å². The molecule has 0 aliphatic heterocycles. The highest BCUT2D eigenvalue weighted by Crippen LogP contribution is 2.26. The van der Waals surface area contributed by atoms with E-state index in [1.165, 1.54) is 24.3 Å². The lowest BCUT2D eigenvalue weighted by Gasteiger charge is -2.06. The van der Waals surface area contributed by atoms with E-state index in [2.05, 4.69) is 0 Å². The summed E-state index contributed by atoms with van der Waals surface area (Å²) in [5, 5.41) is 10.8. The van der Waals surface area contributed by atoms with E-state index in [-0.39, 0.29) is 23.9 Å². The fourth-order valence-electron chi connectivity index (χ4n) is 1.52. The molecule has 0 atom stereocenters. The summed E-state index contributed by atoms with van der Waals surface area (Å²) in [6, 6.07) is 12.0. The number of nitrogens with zero attached hydrogens (tertiary/aromatic N) is 1. The second-order valence-corrected chi connectivity index (χ2v) is 3.64. The van der Waals surface area contributed by atoms with Gasteiger partial charge in [-0.25, -0.2) is 4.39 Å². The van der Waals surface area contributed by atoms with Gasteiger partial charge in [0.05, 0.1) is 4.92 Å². The van der Waals surface area contributed by atoms with Crippen molar-refractivity contribution in [3.8, 4) is 5.75 Å². The zero-order chi connectivity index (χ0) is 13.0. The Hall–Kier alpha value is -2.43. The van der Waals surface area contributed by atoms with E-state index in [9.17, 15) is 14.5 Å². The Kier molecular flexibility index (Phi) is 3.52. The molecule has 0 unspecified atom stereocenters. The summed E-state index contributed by atoms with van der Waals surface area (Å²) in [7, 11) is 0. The maximum Gasteiger partial charge on any atom is 0.310 e. The minimum Gasteiger partial charge on any atom is -0.482 e. The molecular formula is C13H10FNO3. The van der Waals surface area contributed by atoms with Gasteiger partial charge >= 0.3 is 5.69 Å². The number of benzene rings is 2. The predicted molar refractivity (Wildman–Crippen MR) is 63.8 cm³/mol. The van der Waals surface area contributed by atoms with Crippen molar-refractivity contribution in [1.82, 2.24) is 0 Å². The molecule has 4 nitrogen and oxygen atoms in total. The first-order valence-corrected chi connectivity index (χ1v) is 5.27. The molecule has 0 aromatic heterocycles. The molecule has 2 aromatic carbocycles. The van der Waals surface area contributed by atoms with Crippen molar-refractivity contribution in [2.24, 2.45) is 0 Å². The highest BCUT2D eigenvalue weighted by Gasteiger charge is 2.13. The van der Waals surface area contributed by atoms with Gasteiger partial charge in [0.2, 0.25) is 0 Å². The summed E-state index contributed by atoms with van der Waals surface area (Å²) in [6.45, 7) is 0.0859. The number of rotatable bonds is 4. The lowest BCUT2D eigenvalue weighted by atomic mass is 10.2. The van der Waals surface area contributed by atoms with Gasteiger partial charge in [0.1, 0.15) is 12.4 Å². The van der Waals surface area contributed by atoms with E-state index >= 15 is 0 Å². The van der Waals surface area contributed by atoms with Crippen molar-refractivity contribution >= 4 is 5.69 Å². The lowest BCUT2D eigenvalue weighted by Crippen LogP contribution is -1.99. The van der Waals surface area contributed by atoms with Gasteiger partial charge in [-0.2, -0.15) is 0 Å². The second kappa shape index (κ2) is 5.27. The fraction of sp³-hybridized carbons (Fsp3) is 0.0769. The number of nitro benzene ring substituents is 1. The zero-order valence-electron chi connectivity index (χ0n) is 9.38. The van der Waals surface area contributed by atoms with Crippen LogP contribution in [0.15, 0.2) is 48.5 Å². The molecule has 0 fully saturated rings. The molecule has 0 saturated heterocycles. The van der Waals surface area contributed by atoms with Crippen LogP contribution in [0.4, 0.5) is 10.1 Å². The molecule has 18 heavy (non-hydrogen) atoms. The molecule has 92 valence electrons. The largest absolute Gasteiger partial charge is 0.482 e. The minimum absolute atomic E-state index is 0.0859. The standard InChI is InChI=1S/C13H10FNO3/c14-11-5-3-4-10(8-11)9-18-13-7-2-1-6-12(13)15(16)17/h1-8H,9H2. The van der Waals surface area contributed by atoms with E-state index < -0.39 is 4.92 Å². The highest BCUT2D eigenvalue weighted by atomic mass is 19.1. The molecule has 2 rings (SSSR count). The summed E-state index contributed by atoms with van der Waals surface area (Å²) in [5.41, 5.74) is 0.516. The maximum absolute atomic E-state index is 12.9. The molecule has 0 N–H and O–H groups in total. The Balaban J connectivity index is 2.13. The molecule has 0 saturated carbocycles. The molecule has 0 radical (unpaired) electrons. The third-order valence-corrected chi connectivity index (χ3v) is 2.35. The van der Waals surface area contributed by atoms with Crippen molar-refractivity contribution in [3.05, 3.63) is 70.0 Å². The van der Waals surface area contributed by atoms with Crippen LogP contribution in [0.5, 0.6) is 5.75 Å². The number of ether oxygens (including phenoxy) is 1. The SMILES string of the molecule is O=[N+]([O-])c1ccccc1OCc1cccc(F)c1. The maximum atomic E-state index is 12.9. The normalized spacial score (nSPS) is 10.1. The Labute approximate surface area is 103 Å². The molecule has 0 amide bonds. The topological polar surface area (TPSA) is 52.4 Å². The van der Waals surface area contributed by atoms with E-state index in [1.807, 2.05) is 0 Å². The zero-order valence-corrected chi connectivity index (χ0v) is 9.38. The molecule has 0 heterocycles. The molecule has 0 bridgehead atoms. The lowest BCUT2D eigenvalue weighted by molar-refractivity contribution is -0.385. The number of hydrogen-bond donors (Lipinski definition) is 0. The first-order chi connectivity index (χ1) is 8.66. The summed E-state index contributed by atoms with van der Waals surface area (Å²) in [4.78, 5) is 10.2. The van der Waals surface area contributed by atoms with Crippen LogP contribution in [0.2, 0.25) is 0 Å². The number of hydrogen-bond acceptors (Lipinski definition) is 3. The number of halogens is 1. The van der Waals surface area contributed by atoms with E-state index in [1.54, 1.807) is 24.3 Å². The quantitative estimate of drug-likeness (QED) is 0.615. The second-order valence-electron chi connectivity index (χ2n) is 3.64. The van der Waals surface area contributed by atoms with Crippen LogP contribution >= 0.6 is 0 Å². The summed E-state index contributed by atoms with van der Waals surface area (Å²) in [6.07, 6.45) is 0. The smallest absolute Gasteiger partial charge is 0.310 e. The first-order valence-electron chi connectivity index (χ1n) is 5.27. The first kappa shape index (κ1) is 12.0.